The molecule has 5 nitrogen and oxygen atoms in total. The maximum absolute atomic E-state index is 10.6. The molecule has 0 unspecified atom stereocenters. The molecule has 0 aliphatic carbocycles. The van der Waals surface area contributed by atoms with Crippen molar-refractivity contribution in [3.8, 4) is 0 Å². The van der Waals surface area contributed by atoms with Gasteiger partial charge in [-0.15, -0.1) is 0 Å². The van der Waals surface area contributed by atoms with E-state index in [-0.39, 0.29) is 11.9 Å². The maximum atomic E-state index is 10.6. The molecule has 0 spiro atoms. The number of rotatable bonds is 2. The van der Waals surface area contributed by atoms with Gasteiger partial charge in [-0.1, -0.05) is 0 Å². The summed E-state index contributed by atoms with van der Waals surface area (Å²) < 4.78 is 15.0. The first-order valence-electron chi connectivity index (χ1n) is 3.79. The van der Waals surface area contributed by atoms with E-state index in [1.165, 1.54) is 6.26 Å². The monoisotopic (exact) mass is 184 g/mol. The van der Waals surface area contributed by atoms with E-state index >= 15 is 0 Å². The van der Waals surface area contributed by atoms with Gasteiger partial charge >= 0.3 is 5.97 Å². The smallest absolute Gasteiger partial charge is 0.339 e. The van der Waals surface area contributed by atoms with Crippen LogP contribution in [0.15, 0.2) is 16.9 Å². The minimum Gasteiger partial charge on any atom is -0.478 e. The lowest BCUT2D eigenvalue weighted by molar-refractivity contribution is -0.382. The number of carboxylic acids is 1. The molecule has 13 heavy (non-hydrogen) atoms. The van der Waals surface area contributed by atoms with Gasteiger partial charge in [0, 0.05) is 0 Å². The number of furan rings is 1. The molecule has 1 aromatic heterocycles. The summed E-state index contributed by atoms with van der Waals surface area (Å²) >= 11 is 0. The highest BCUT2D eigenvalue weighted by molar-refractivity contribution is 5.88. The largest absolute Gasteiger partial charge is 0.478 e. The first kappa shape index (κ1) is 8.28. The lowest BCUT2D eigenvalue weighted by Gasteiger charge is -2.33. The topological polar surface area (TPSA) is 68.9 Å². The van der Waals surface area contributed by atoms with Gasteiger partial charge in [0.2, 0.25) is 0 Å². The van der Waals surface area contributed by atoms with Gasteiger partial charge in [0.15, 0.2) is 12.6 Å². The van der Waals surface area contributed by atoms with Gasteiger partial charge in [-0.25, -0.2) is 4.79 Å². The molecule has 70 valence electrons. The first-order chi connectivity index (χ1) is 6.18. The van der Waals surface area contributed by atoms with Crippen molar-refractivity contribution in [3.05, 3.63) is 23.7 Å². The highest BCUT2D eigenvalue weighted by Gasteiger charge is 2.33. The van der Waals surface area contributed by atoms with Crippen molar-refractivity contribution in [1.29, 1.82) is 0 Å². The van der Waals surface area contributed by atoms with Gasteiger partial charge in [-0.05, 0) is 6.92 Å². The van der Waals surface area contributed by atoms with Crippen molar-refractivity contribution in [2.45, 2.75) is 19.5 Å². The van der Waals surface area contributed by atoms with E-state index in [4.69, 9.17) is 19.0 Å². The van der Waals surface area contributed by atoms with Crippen molar-refractivity contribution in [2.24, 2.45) is 0 Å². The number of carboxylic acid groups (broad SMARTS) is 1. The van der Waals surface area contributed by atoms with E-state index in [0.29, 0.717) is 5.56 Å². The normalized spacial score (nSPS) is 26.8. The van der Waals surface area contributed by atoms with Gasteiger partial charge < -0.3 is 19.0 Å². The average molecular weight is 184 g/mol. The molecule has 1 aromatic rings. The third kappa shape index (κ3) is 1.32. The molecule has 0 saturated carbocycles. The van der Waals surface area contributed by atoms with Crippen LogP contribution in [0.2, 0.25) is 0 Å². The lowest BCUT2D eigenvalue weighted by Crippen LogP contribution is -2.32. The Kier molecular flexibility index (Phi) is 1.82. The third-order valence-electron chi connectivity index (χ3n) is 1.81. The summed E-state index contributed by atoms with van der Waals surface area (Å²) in [5.41, 5.74) is 0.502. The Bertz CT molecular complexity index is 323. The Balaban J connectivity index is 2.20. The second kappa shape index (κ2) is 2.86. The van der Waals surface area contributed by atoms with Crippen molar-refractivity contribution >= 4 is 5.97 Å². The second-order valence-electron chi connectivity index (χ2n) is 2.72. The molecule has 2 rings (SSSR count). The van der Waals surface area contributed by atoms with Gasteiger partial charge in [-0.3, -0.25) is 0 Å². The summed E-state index contributed by atoms with van der Waals surface area (Å²) in [4.78, 5) is 10.6. The Hall–Kier alpha value is -1.33. The van der Waals surface area contributed by atoms with E-state index in [1.54, 1.807) is 6.92 Å². The predicted octanol–water partition coefficient (Wildman–Crippen LogP) is 1.37. The predicted molar refractivity (Wildman–Crippen MR) is 40.0 cm³/mol. The Morgan fingerprint density at radius 3 is 2.69 bits per heavy atom. The molecule has 1 N–H and O–H groups in total. The molecule has 2 heterocycles. The molecule has 0 aromatic carbocycles. The molecule has 1 fully saturated rings. The minimum absolute atomic E-state index is 0.0805. The summed E-state index contributed by atoms with van der Waals surface area (Å²) in [5, 5.41) is 8.72. The molecular formula is C8H8O5. The molecule has 0 radical (unpaired) electrons. The SMILES string of the molecule is CC1OC(c2cocc2C(=O)O)O1. The van der Waals surface area contributed by atoms with E-state index < -0.39 is 12.3 Å². The zero-order valence-corrected chi connectivity index (χ0v) is 6.89. The number of aromatic carboxylic acids is 1. The van der Waals surface area contributed by atoms with Crippen molar-refractivity contribution < 1.29 is 23.8 Å². The molecule has 5 heteroatoms. The van der Waals surface area contributed by atoms with Crippen LogP contribution in [0.25, 0.3) is 0 Å². The maximum Gasteiger partial charge on any atom is 0.339 e. The van der Waals surface area contributed by atoms with E-state index in [1.807, 2.05) is 0 Å². The fourth-order valence-corrected chi connectivity index (χ4v) is 1.17. The molecular weight excluding hydrogens is 176 g/mol. The Morgan fingerprint density at radius 1 is 1.46 bits per heavy atom. The van der Waals surface area contributed by atoms with Gasteiger partial charge in [0.1, 0.15) is 11.8 Å². The second-order valence-corrected chi connectivity index (χ2v) is 2.72. The highest BCUT2D eigenvalue weighted by Crippen LogP contribution is 2.33. The summed E-state index contributed by atoms with van der Waals surface area (Å²) in [7, 11) is 0. The number of hydrogen-bond donors (Lipinski definition) is 1. The summed E-state index contributed by atoms with van der Waals surface area (Å²) in [5.74, 6) is -1.05. The van der Waals surface area contributed by atoms with Crippen LogP contribution >= 0.6 is 0 Å². The van der Waals surface area contributed by atoms with Crippen LogP contribution in [0.1, 0.15) is 29.1 Å². The Morgan fingerprint density at radius 2 is 2.15 bits per heavy atom. The van der Waals surface area contributed by atoms with Crippen LogP contribution < -0.4 is 0 Å². The molecule has 1 aliphatic rings. The zero-order chi connectivity index (χ0) is 9.42. The minimum atomic E-state index is -1.05. The van der Waals surface area contributed by atoms with Crippen LogP contribution in [-0.2, 0) is 9.47 Å². The highest BCUT2D eigenvalue weighted by atomic mass is 16.9. The van der Waals surface area contributed by atoms with Gasteiger partial charge in [0.05, 0.1) is 11.8 Å². The van der Waals surface area contributed by atoms with E-state index in [0.717, 1.165) is 6.26 Å². The first-order valence-corrected chi connectivity index (χ1v) is 3.79. The van der Waals surface area contributed by atoms with Gasteiger partial charge in [-0.2, -0.15) is 0 Å². The molecule has 1 saturated heterocycles. The van der Waals surface area contributed by atoms with Crippen LogP contribution in [0.3, 0.4) is 0 Å². The van der Waals surface area contributed by atoms with Crippen molar-refractivity contribution in [1.82, 2.24) is 0 Å². The van der Waals surface area contributed by atoms with Crippen LogP contribution in [-0.4, -0.2) is 17.4 Å². The molecule has 0 amide bonds. The Labute approximate surface area is 73.9 Å². The summed E-state index contributed by atoms with van der Waals surface area (Å²) in [6, 6.07) is 0. The van der Waals surface area contributed by atoms with E-state index in [2.05, 4.69) is 0 Å². The third-order valence-corrected chi connectivity index (χ3v) is 1.81. The van der Waals surface area contributed by atoms with E-state index in [9.17, 15) is 4.79 Å². The quantitative estimate of drug-likeness (QED) is 0.751. The standard InChI is InChI=1S/C8H8O5/c1-4-12-8(13-4)6-3-11-2-5(6)7(9)10/h2-4,8H,1H3,(H,9,10). The van der Waals surface area contributed by atoms with Crippen LogP contribution in [0.5, 0.6) is 0 Å². The van der Waals surface area contributed by atoms with Crippen LogP contribution in [0, 0.1) is 0 Å². The lowest BCUT2D eigenvalue weighted by atomic mass is 10.2. The molecule has 0 atom stereocenters. The van der Waals surface area contributed by atoms with Crippen molar-refractivity contribution in [3.63, 3.8) is 0 Å². The number of carbonyl (C=O) groups is 1. The average Bonchev–Trinajstić information content (AvgIpc) is 2.45. The number of ether oxygens (including phenoxy) is 2. The summed E-state index contributed by atoms with van der Waals surface area (Å²) in [6.07, 6.45) is 1.61. The molecule has 1 aliphatic heterocycles. The molecule has 0 bridgehead atoms. The van der Waals surface area contributed by atoms with Gasteiger partial charge in [0.25, 0.3) is 0 Å². The number of hydrogen-bond acceptors (Lipinski definition) is 4. The zero-order valence-electron chi connectivity index (χ0n) is 6.89. The summed E-state index contributed by atoms with van der Waals surface area (Å²) in [6.45, 7) is 1.73. The fraction of sp³-hybridized carbons (Fsp3) is 0.375. The van der Waals surface area contributed by atoms with Crippen molar-refractivity contribution in [2.75, 3.05) is 0 Å². The fourth-order valence-electron chi connectivity index (χ4n) is 1.17. The van der Waals surface area contributed by atoms with Crippen LogP contribution in [0.4, 0.5) is 0 Å².